The Bertz CT molecular complexity index is 800. The van der Waals surface area contributed by atoms with Gasteiger partial charge in [-0.2, -0.15) is 0 Å². The van der Waals surface area contributed by atoms with Crippen LogP contribution in [0.4, 0.5) is 0 Å². The van der Waals surface area contributed by atoms with Crippen molar-refractivity contribution in [1.29, 1.82) is 0 Å². The molecule has 0 radical (unpaired) electrons. The van der Waals surface area contributed by atoms with Gasteiger partial charge in [-0.1, -0.05) is 22.8 Å². The fourth-order valence-corrected chi connectivity index (χ4v) is 5.25. The van der Waals surface area contributed by atoms with Gasteiger partial charge < -0.3 is 14.5 Å². The number of β-lactam (4-membered cyclic amide) rings is 1. The van der Waals surface area contributed by atoms with Crippen LogP contribution in [-0.2, 0) is 19.4 Å². The number of carbonyl (C=O) groups excluding carboxylic acids is 1. The summed E-state index contributed by atoms with van der Waals surface area (Å²) in [4.78, 5) is 24.0. The van der Waals surface area contributed by atoms with Gasteiger partial charge in [-0.05, 0) is 13.0 Å². The molecule has 2 saturated heterocycles. The first-order chi connectivity index (χ1) is 10.2. The molecule has 0 saturated carbocycles. The number of hydrogen-bond donors (Lipinski definition) is 1. The fourth-order valence-electron chi connectivity index (χ4n) is 2.84. The van der Waals surface area contributed by atoms with Gasteiger partial charge in [-0.25, -0.2) is 13.2 Å². The van der Waals surface area contributed by atoms with Crippen LogP contribution >= 0.6 is 11.6 Å². The molecule has 3 rings (SSSR count). The molecule has 22 heavy (non-hydrogen) atoms. The Hall–Kier alpha value is -1.87. The number of amides is 1. The van der Waals surface area contributed by atoms with Crippen LogP contribution in [0.15, 0.2) is 16.7 Å². The standard InChI is InChI=1S/C12H11ClN2O6S/c1-12(3-2-6-4-7(13)14-21-6)10(11(17)18)15-8(16)5-9(15)22(12,19)20/h2-4,9-10H,5H2,1H3,(H,17,18)/b3-2-/t9-,10+,12+/m1/s1. The Morgan fingerprint density at radius 2 is 2.32 bits per heavy atom. The number of sulfone groups is 1. The predicted molar refractivity (Wildman–Crippen MR) is 74.5 cm³/mol. The third-order valence-corrected chi connectivity index (χ3v) is 6.93. The molecule has 3 atom stereocenters. The molecule has 1 N–H and O–H groups in total. The molecule has 118 valence electrons. The van der Waals surface area contributed by atoms with E-state index in [0.29, 0.717) is 0 Å². The quantitative estimate of drug-likeness (QED) is 0.793. The number of carbonyl (C=O) groups is 2. The van der Waals surface area contributed by atoms with E-state index in [2.05, 4.69) is 5.16 Å². The molecule has 8 nitrogen and oxygen atoms in total. The highest BCUT2D eigenvalue weighted by Crippen LogP contribution is 2.47. The van der Waals surface area contributed by atoms with E-state index in [1.54, 1.807) is 0 Å². The summed E-state index contributed by atoms with van der Waals surface area (Å²) in [5.74, 6) is -1.67. The Kier molecular flexibility index (Phi) is 3.12. The van der Waals surface area contributed by atoms with Gasteiger partial charge in [-0.3, -0.25) is 4.79 Å². The minimum Gasteiger partial charge on any atom is -0.480 e. The third kappa shape index (κ3) is 1.82. The number of halogens is 1. The van der Waals surface area contributed by atoms with Crippen molar-refractivity contribution in [2.45, 2.75) is 29.5 Å². The molecule has 0 bridgehead atoms. The lowest BCUT2D eigenvalue weighted by atomic mass is 9.96. The summed E-state index contributed by atoms with van der Waals surface area (Å²) in [6, 6.07) is -0.114. The van der Waals surface area contributed by atoms with E-state index in [1.165, 1.54) is 25.1 Å². The highest BCUT2D eigenvalue weighted by molar-refractivity contribution is 7.94. The molecule has 1 aromatic rings. The third-order valence-electron chi connectivity index (χ3n) is 4.05. The Balaban J connectivity index is 2.06. The van der Waals surface area contributed by atoms with Crippen molar-refractivity contribution < 1.29 is 27.6 Å². The number of carboxylic acid groups (broad SMARTS) is 1. The van der Waals surface area contributed by atoms with Gasteiger partial charge in [-0.15, -0.1) is 0 Å². The van der Waals surface area contributed by atoms with Crippen LogP contribution < -0.4 is 0 Å². The molecular weight excluding hydrogens is 336 g/mol. The van der Waals surface area contributed by atoms with E-state index in [1.807, 2.05) is 0 Å². The first-order valence-electron chi connectivity index (χ1n) is 6.27. The van der Waals surface area contributed by atoms with Crippen LogP contribution in [0.2, 0.25) is 5.15 Å². The maximum Gasteiger partial charge on any atom is 0.328 e. The topological polar surface area (TPSA) is 118 Å². The number of nitrogens with zero attached hydrogens (tertiary/aromatic N) is 2. The van der Waals surface area contributed by atoms with Gasteiger partial charge in [0.05, 0.1) is 6.42 Å². The fraction of sp³-hybridized carbons (Fsp3) is 0.417. The second kappa shape index (κ2) is 4.56. The Morgan fingerprint density at radius 3 is 2.82 bits per heavy atom. The molecule has 0 aromatic carbocycles. The normalized spacial score (nSPS) is 33.0. The molecular formula is C12H11ClN2O6S. The van der Waals surface area contributed by atoms with Crippen molar-refractivity contribution in [3.8, 4) is 0 Å². The summed E-state index contributed by atoms with van der Waals surface area (Å²) in [6.07, 6.45) is 2.32. The Labute approximate surface area is 130 Å². The van der Waals surface area contributed by atoms with Crippen molar-refractivity contribution in [3.63, 3.8) is 0 Å². The lowest BCUT2D eigenvalue weighted by Crippen LogP contribution is -2.57. The smallest absolute Gasteiger partial charge is 0.328 e. The minimum atomic E-state index is -3.88. The van der Waals surface area contributed by atoms with E-state index in [9.17, 15) is 23.1 Å². The summed E-state index contributed by atoms with van der Waals surface area (Å²) in [7, 11) is -3.88. The highest BCUT2D eigenvalue weighted by atomic mass is 35.5. The zero-order valence-electron chi connectivity index (χ0n) is 11.3. The molecule has 2 fully saturated rings. The first-order valence-corrected chi connectivity index (χ1v) is 8.20. The van der Waals surface area contributed by atoms with Crippen LogP contribution in [0.1, 0.15) is 19.1 Å². The monoisotopic (exact) mass is 346 g/mol. The molecule has 1 aromatic heterocycles. The van der Waals surface area contributed by atoms with Gasteiger partial charge in [0, 0.05) is 6.07 Å². The van der Waals surface area contributed by atoms with E-state index in [0.717, 1.165) is 4.90 Å². The highest BCUT2D eigenvalue weighted by Gasteiger charge is 2.69. The average molecular weight is 347 g/mol. The van der Waals surface area contributed by atoms with Gasteiger partial charge >= 0.3 is 5.97 Å². The zero-order chi connectivity index (χ0) is 16.3. The molecule has 0 aliphatic carbocycles. The lowest BCUT2D eigenvalue weighted by molar-refractivity contribution is -0.157. The second-order valence-electron chi connectivity index (χ2n) is 5.31. The maximum absolute atomic E-state index is 12.6. The number of fused-ring (bicyclic) bond motifs is 1. The summed E-state index contributed by atoms with van der Waals surface area (Å²) in [5.41, 5.74) is 0. The lowest BCUT2D eigenvalue weighted by Gasteiger charge is -2.35. The summed E-state index contributed by atoms with van der Waals surface area (Å²) >= 11 is 5.60. The average Bonchev–Trinajstić information content (AvgIpc) is 2.88. The summed E-state index contributed by atoms with van der Waals surface area (Å²) < 4.78 is 28.2. The molecule has 2 aliphatic rings. The number of carboxylic acids is 1. The number of hydrogen-bond acceptors (Lipinski definition) is 6. The van der Waals surface area contributed by atoms with Crippen molar-refractivity contribution in [2.24, 2.45) is 0 Å². The van der Waals surface area contributed by atoms with E-state index in [-0.39, 0.29) is 17.3 Å². The van der Waals surface area contributed by atoms with Crippen LogP contribution in [0.25, 0.3) is 6.08 Å². The molecule has 0 unspecified atom stereocenters. The number of aromatic nitrogens is 1. The largest absolute Gasteiger partial charge is 0.480 e. The van der Waals surface area contributed by atoms with Crippen molar-refractivity contribution in [2.75, 3.05) is 0 Å². The predicted octanol–water partition coefficient (Wildman–Crippen LogP) is 0.540. The summed E-state index contributed by atoms with van der Waals surface area (Å²) in [6.45, 7) is 1.28. The maximum atomic E-state index is 12.6. The minimum absolute atomic E-state index is 0.0906. The van der Waals surface area contributed by atoms with Crippen molar-refractivity contribution >= 4 is 39.4 Å². The van der Waals surface area contributed by atoms with Crippen LogP contribution in [0.5, 0.6) is 0 Å². The molecule has 10 heteroatoms. The molecule has 3 heterocycles. The number of rotatable bonds is 3. The molecule has 1 amide bonds. The summed E-state index contributed by atoms with van der Waals surface area (Å²) in [5, 5.41) is 11.8. The number of aliphatic carboxylic acids is 1. The van der Waals surface area contributed by atoms with E-state index < -0.39 is 37.9 Å². The van der Waals surface area contributed by atoms with Crippen molar-refractivity contribution in [3.05, 3.63) is 23.1 Å². The van der Waals surface area contributed by atoms with Gasteiger partial charge in [0.2, 0.25) is 5.91 Å². The van der Waals surface area contributed by atoms with E-state index in [4.69, 9.17) is 16.1 Å². The van der Waals surface area contributed by atoms with Crippen LogP contribution in [0, 0.1) is 0 Å². The van der Waals surface area contributed by atoms with E-state index >= 15 is 0 Å². The van der Waals surface area contributed by atoms with Gasteiger partial charge in [0.15, 0.2) is 26.8 Å². The Morgan fingerprint density at radius 1 is 1.64 bits per heavy atom. The van der Waals surface area contributed by atoms with Crippen LogP contribution in [-0.4, -0.2) is 51.6 Å². The van der Waals surface area contributed by atoms with Gasteiger partial charge in [0.1, 0.15) is 10.1 Å². The van der Waals surface area contributed by atoms with Crippen LogP contribution in [0.3, 0.4) is 0 Å². The molecule has 2 aliphatic heterocycles. The zero-order valence-corrected chi connectivity index (χ0v) is 12.8. The van der Waals surface area contributed by atoms with Gasteiger partial charge in [0.25, 0.3) is 0 Å². The molecule has 0 spiro atoms. The first kappa shape index (κ1) is 15.0. The SMILES string of the molecule is C[C@]1(/C=C\c2cc(Cl)no2)[C@H](C(=O)O)N2C(=O)C[C@H]2S1(=O)=O. The second-order valence-corrected chi connectivity index (χ2v) is 8.22. The van der Waals surface area contributed by atoms with Crippen molar-refractivity contribution in [1.82, 2.24) is 10.1 Å².